The zero-order valence-electron chi connectivity index (χ0n) is 8.75. The molecule has 1 rings (SSSR count). The highest BCUT2D eigenvalue weighted by atomic mass is 35.5. The summed E-state index contributed by atoms with van der Waals surface area (Å²) in [5, 5.41) is -0.0108. The van der Waals surface area contributed by atoms with Gasteiger partial charge in [0.2, 0.25) is 10.0 Å². The summed E-state index contributed by atoms with van der Waals surface area (Å²) in [7, 11) is -2.11. The fourth-order valence-corrected chi connectivity index (χ4v) is 1.97. The van der Waals surface area contributed by atoms with Gasteiger partial charge in [0.25, 0.3) is 0 Å². The van der Waals surface area contributed by atoms with Crippen LogP contribution in [-0.4, -0.2) is 20.7 Å². The van der Waals surface area contributed by atoms with Crippen molar-refractivity contribution >= 4 is 38.9 Å². The van der Waals surface area contributed by atoms with Crippen LogP contribution < -0.4 is 9.46 Å². The van der Waals surface area contributed by atoms with Crippen molar-refractivity contribution in [1.82, 2.24) is 0 Å². The normalized spacial score (nSPS) is 11.2. The van der Waals surface area contributed by atoms with Crippen LogP contribution in [0, 0.1) is 6.92 Å². The molecule has 0 saturated heterocycles. The fourth-order valence-electron chi connectivity index (χ4n) is 1.11. The van der Waals surface area contributed by atoms with Crippen molar-refractivity contribution in [2.24, 2.45) is 0 Å². The number of nitrogens with one attached hydrogen (secondary N) is 1. The number of hydrogen-bond acceptors (Lipinski definition) is 3. The van der Waals surface area contributed by atoms with E-state index >= 15 is 0 Å². The van der Waals surface area contributed by atoms with Crippen molar-refractivity contribution in [2.45, 2.75) is 6.92 Å². The minimum Gasteiger partial charge on any atom is -0.495 e. The summed E-state index contributed by atoms with van der Waals surface area (Å²) in [4.78, 5) is 0. The van der Waals surface area contributed by atoms with Gasteiger partial charge in [0.1, 0.15) is 11.0 Å². The maximum absolute atomic E-state index is 11.3. The Morgan fingerprint density at radius 1 is 1.44 bits per heavy atom. The molecule has 0 radical (unpaired) electrons. The molecular weight excluding hydrogens is 273 g/mol. The van der Waals surface area contributed by atoms with Crippen LogP contribution in [0.1, 0.15) is 5.56 Å². The molecule has 16 heavy (non-hydrogen) atoms. The Balaban J connectivity index is 3.18. The smallest absolute Gasteiger partial charge is 0.246 e. The Morgan fingerprint density at radius 2 is 2.06 bits per heavy atom. The summed E-state index contributed by atoms with van der Waals surface area (Å²) >= 11 is 11.2. The van der Waals surface area contributed by atoms with E-state index in [1.165, 1.54) is 7.11 Å². The van der Waals surface area contributed by atoms with Gasteiger partial charge in [-0.3, -0.25) is 4.72 Å². The lowest BCUT2D eigenvalue weighted by atomic mass is 10.2. The standard InChI is InChI=1S/C9H11Cl2NO3S/c1-6-3-8(12-16(13,14)5-10)9(15-2)4-7(6)11/h3-4,12H,5H2,1-2H3. The van der Waals surface area contributed by atoms with Crippen molar-refractivity contribution in [3.63, 3.8) is 0 Å². The van der Waals surface area contributed by atoms with E-state index in [0.29, 0.717) is 16.5 Å². The van der Waals surface area contributed by atoms with E-state index in [-0.39, 0.29) is 0 Å². The Kier molecular flexibility index (Phi) is 4.29. The maximum atomic E-state index is 11.3. The van der Waals surface area contributed by atoms with Crippen LogP contribution in [0.2, 0.25) is 5.02 Å². The number of methoxy groups -OCH3 is 1. The molecule has 0 aromatic heterocycles. The molecule has 0 atom stereocenters. The van der Waals surface area contributed by atoms with Gasteiger partial charge in [-0.2, -0.15) is 0 Å². The van der Waals surface area contributed by atoms with Crippen LogP contribution in [0.5, 0.6) is 5.75 Å². The Hall–Kier alpha value is -0.650. The molecule has 0 heterocycles. The maximum Gasteiger partial charge on any atom is 0.246 e. The molecule has 1 aromatic rings. The lowest BCUT2D eigenvalue weighted by molar-refractivity contribution is 0.417. The zero-order valence-corrected chi connectivity index (χ0v) is 11.1. The third kappa shape index (κ3) is 3.17. The Morgan fingerprint density at radius 3 is 2.56 bits per heavy atom. The van der Waals surface area contributed by atoms with Crippen molar-refractivity contribution in [3.05, 3.63) is 22.7 Å². The summed E-state index contributed by atoms with van der Waals surface area (Å²) in [6, 6.07) is 3.13. The van der Waals surface area contributed by atoms with E-state index < -0.39 is 15.2 Å². The third-order valence-corrected chi connectivity index (χ3v) is 3.98. The minimum atomic E-state index is -3.54. The third-order valence-electron chi connectivity index (χ3n) is 1.89. The highest BCUT2D eigenvalue weighted by molar-refractivity contribution is 7.93. The molecule has 1 aromatic carbocycles. The van der Waals surface area contributed by atoms with Gasteiger partial charge in [-0.25, -0.2) is 8.42 Å². The number of benzene rings is 1. The second-order valence-electron chi connectivity index (χ2n) is 3.13. The number of sulfonamides is 1. The molecule has 0 fully saturated rings. The van der Waals surface area contributed by atoms with E-state index in [9.17, 15) is 8.42 Å². The van der Waals surface area contributed by atoms with Gasteiger partial charge < -0.3 is 4.74 Å². The van der Waals surface area contributed by atoms with Crippen molar-refractivity contribution in [2.75, 3.05) is 17.0 Å². The molecular formula is C9H11Cl2NO3S. The Bertz CT molecular complexity index is 488. The quantitative estimate of drug-likeness (QED) is 0.865. The monoisotopic (exact) mass is 283 g/mol. The van der Waals surface area contributed by atoms with Gasteiger partial charge in [-0.05, 0) is 18.6 Å². The molecule has 0 unspecified atom stereocenters. The first kappa shape index (κ1) is 13.4. The summed E-state index contributed by atoms with van der Waals surface area (Å²) in [5.74, 6) is 0.351. The second-order valence-corrected chi connectivity index (χ2v) is 5.84. The average molecular weight is 284 g/mol. The van der Waals surface area contributed by atoms with Crippen LogP contribution in [-0.2, 0) is 10.0 Å². The lowest BCUT2D eigenvalue weighted by Crippen LogP contribution is -2.14. The molecule has 0 aliphatic carbocycles. The van der Waals surface area contributed by atoms with Crippen molar-refractivity contribution in [3.8, 4) is 5.75 Å². The van der Waals surface area contributed by atoms with Crippen molar-refractivity contribution in [1.29, 1.82) is 0 Å². The number of alkyl halides is 1. The van der Waals surface area contributed by atoms with Crippen LogP contribution in [0.25, 0.3) is 0 Å². The molecule has 0 spiro atoms. The average Bonchev–Trinajstić information content (AvgIpc) is 2.22. The number of halogens is 2. The van der Waals surface area contributed by atoms with Gasteiger partial charge in [0, 0.05) is 11.1 Å². The largest absolute Gasteiger partial charge is 0.495 e. The second kappa shape index (κ2) is 5.12. The number of anilines is 1. The molecule has 90 valence electrons. The summed E-state index contributed by atoms with van der Waals surface area (Å²) in [6.45, 7) is 1.76. The number of aryl methyl sites for hydroxylation is 1. The topological polar surface area (TPSA) is 55.4 Å². The summed E-state index contributed by atoms with van der Waals surface area (Å²) in [5.41, 5.74) is 1.07. The van der Waals surface area contributed by atoms with Gasteiger partial charge in [-0.1, -0.05) is 11.6 Å². The molecule has 0 bridgehead atoms. The number of rotatable bonds is 4. The first-order valence-electron chi connectivity index (χ1n) is 4.30. The zero-order chi connectivity index (χ0) is 12.3. The van der Waals surface area contributed by atoms with E-state index in [0.717, 1.165) is 5.56 Å². The van der Waals surface area contributed by atoms with Crippen LogP contribution in [0.15, 0.2) is 12.1 Å². The fraction of sp³-hybridized carbons (Fsp3) is 0.333. The molecule has 0 saturated carbocycles. The molecule has 0 aliphatic rings. The molecule has 1 N–H and O–H groups in total. The first-order chi connectivity index (χ1) is 7.39. The summed E-state index contributed by atoms with van der Waals surface area (Å²) in [6.07, 6.45) is 0. The van der Waals surface area contributed by atoms with E-state index in [2.05, 4.69) is 4.72 Å². The van der Waals surface area contributed by atoms with Crippen LogP contribution >= 0.6 is 23.2 Å². The highest BCUT2D eigenvalue weighted by Crippen LogP contribution is 2.31. The van der Waals surface area contributed by atoms with Gasteiger partial charge in [0.05, 0.1) is 12.8 Å². The molecule has 7 heteroatoms. The predicted molar refractivity (Wildman–Crippen MR) is 66.0 cm³/mol. The predicted octanol–water partition coefficient (Wildman–Crippen LogP) is 2.60. The number of hydrogen-bond donors (Lipinski definition) is 1. The van der Waals surface area contributed by atoms with E-state index in [1.807, 2.05) is 0 Å². The molecule has 4 nitrogen and oxygen atoms in total. The van der Waals surface area contributed by atoms with Gasteiger partial charge in [0.15, 0.2) is 0 Å². The van der Waals surface area contributed by atoms with E-state index in [4.69, 9.17) is 27.9 Å². The number of ether oxygens (including phenoxy) is 1. The molecule has 0 amide bonds. The first-order valence-corrected chi connectivity index (χ1v) is 6.86. The van der Waals surface area contributed by atoms with Crippen LogP contribution in [0.3, 0.4) is 0 Å². The van der Waals surface area contributed by atoms with Gasteiger partial charge in [-0.15, -0.1) is 11.6 Å². The molecule has 0 aliphatic heterocycles. The van der Waals surface area contributed by atoms with Crippen LogP contribution in [0.4, 0.5) is 5.69 Å². The highest BCUT2D eigenvalue weighted by Gasteiger charge is 2.13. The SMILES string of the molecule is COc1cc(Cl)c(C)cc1NS(=O)(=O)CCl. The minimum absolute atomic E-state index is 0.324. The summed E-state index contributed by atoms with van der Waals surface area (Å²) < 4.78 is 29.9. The Labute approximate surface area is 105 Å². The van der Waals surface area contributed by atoms with E-state index in [1.54, 1.807) is 19.1 Å². The van der Waals surface area contributed by atoms with Crippen molar-refractivity contribution < 1.29 is 13.2 Å². The van der Waals surface area contributed by atoms with Gasteiger partial charge >= 0.3 is 0 Å². The lowest BCUT2D eigenvalue weighted by Gasteiger charge is -2.12.